The van der Waals surface area contributed by atoms with Crippen molar-refractivity contribution in [3.63, 3.8) is 0 Å². The summed E-state index contributed by atoms with van der Waals surface area (Å²) in [7, 11) is 0. The normalized spacial score (nSPS) is 14.9. The Hall–Kier alpha value is -4.06. The topological polar surface area (TPSA) is 84.5 Å². The van der Waals surface area contributed by atoms with Crippen LogP contribution in [0, 0.1) is 0 Å². The van der Waals surface area contributed by atoms with Crippen molar-refractivity contribution in [1.29, 1.82) is 0 Å². The third-order valence-corrected chi connectivity index (χ3v) is 6.59. The lowest BCUT2D eigenvalue weighted by Crippen LogP contribution is -2.30. The first-order valence-electron chi connectivity index (χ1n) is 11.5. The van der Waals surface area contributed by atoms with Crippen LogP contribution in [0.15, 0.2) is 94.2 Å². The molecular weight excluding hydrogens is 428 g/mol. The van der Waals surface area contributed by atoms with Gasteiger partial charge in [-0.25, -0.2) is 0 Å². The molecule has 0 unspecified atom stereocenters. The van der Waals surface area contributed by atoms with Gasteiger partial charge in [-0.1, -0.05) is 43.5 Å². The van der Waals surface area contributed by atoms with Crippen LogP contribution in [0.4, 0.5) is 11.4 Å². The molecule has 0 spiro atoms. The van der Waals surface area contributed by atoms with E-state index < -0.39 is 0 Å². The van der Waals surface area contributed by atoms with E-state index in [9.17, 15) is 9.59 Å². The summed E-state index contributed by atoms with van der Waals surface area (Å²) in [5, 5.41) is 5.77. The number of amides is 2. The van der Waals surface area contributed by atoms with Crippen molar-refractivity contribution >= 4 is 23.2 Å². The maximum absolute atomic E-state index is 12.3. The number of nitrogens with one attached hydrogen (secondary N) is 2. The molecule has 0 bridgehead atoms. The Morgan fingerprint density at radius 1 is 0.618 bits per heavy atom. The highest BCUT2D eigenvalue weighted by Gasteiger charge is 2.35. The zero-order valence-corrected chi connectivity index (χ0v) is 18.8. The number of carbonyl (C=O) groups excluding carboxylic acids is 2. The summed E-state index contributed by atoms with van der Waals surface area (Å²) in [5.74, 6) is 0.0359. The van der Waals surface area contributed by atoms with E-state index in [0.29, 0.717) is 0 Å². The van der Waals surface area contributed by atoms with Crippen LogP contribution in [0.2, 0.25) is 0 Å². The van der Waals surface area contributed by atoms with Crippen molar-refractivity contribution in [2.24, 2.45) is 0 Å². The maximum Gasteiger partial charge on any atom is 0.291 e. The number of anilines is 2. The molecule has 0 aliphatic heterocycles. The first kappa shape index (κ1) is 21.8. The average Bonchev–Trinajstić information content (AvgIpc) is 3.60. The highest BCUT2D eigenvalue weighted by Crippen LogP contribution is 2.45. The molecule has 4 aromatic rings. The molecule has 6 heteroatoms. The standard InChI is InChI=1S/C28H26N2O4/c31-26(24-6-4-18-33-24)29-22-12-8-20(9-13-22)28(16-2-1-3-17-28)21-10-14-23(15-11-21)30-27(32)25-7-5-19-34-25/h4-15,18-19H,1-3,16-17H2,(H,29,31)(H,30,32). The van der Waals surface area contributed by atoms with E-state index in [0.717, 1.165) is 37.1 Å². The lowest BCUT2D eigenvalue weighted by Gasteiger charge is -2.39. The van der Waals surface area contributed by atoms with Gasteiger partial charge in [-0.15, -0.1) is 0 Å². The highest BCUT2D eigenvalue weighted by atomic mass is 16.3. The molecule has 1 saturated carbocycles. The zero-order chi connectivity index (χ0) is 23.4. The molecule has 1 aliphatic carbocycles. The summed E-state index contributed by atoms with van der Waals surface area (Å²) in [5.41, 5.74) is 3.83. The lowest BCUT2D eigenvalue weighted by atomic mass is 9.65. The van der Waals surface area contributed by atoms with Crippen LogP contribution in [-0.2, 0) is 5.41 Å². The van der Waals surface area contributed by atoms with Gasteiger partial charge in [0.15, 0.2) is 11.5 Å². The van der Waals surface area contributed by atoms with Crippen LogP contribution in [0.25, 0.3) is 0 Å². The number of hydrogen-bond donors (Lipinski definition) is 2. The minimum atomic E-state index is -0.266. The molecule has 172 valence electrons. The van der Waals surface area contributed by atoms with Gasteiger partial charge >= 0.3 is 0 Å². The Labute approximate surface area is 198 Å². The first-order valence-corrected chi connectivity index (χ1v) is 11.5. The van der Waals surface area contributed by atoms with Gasteiger partial charge in [-0.05, 0) is 72.5 Å². The summed E-state index contributed by atoms with van der Waals surface area (Å²) in [6, 6.07) is 22.9. The van der Waals surface area contributed by atoms with Gasteiger partial charge in [0.1, 0.15) is 0 Å². The highest BCUT2D eigenvalue weighted by molar-refractivity contribution is 6.02. The molecule has 6 nitrogen and oxygen atoms in total. The van der Waals surface area contributed by atoms with Crippen molar-refractivity contribution in [3.05, 3.63) is 108 Å². The SMILES string of the molecule is O=C(Nc1ccc(C2(c3ccc(NC(=O)c4ccco4)cc3)CCCCC2)cc1)c1ccco1. The second-order valence-corrected chi connectivity index (χ2v) is 8.66. The quantitative estimate of drug-likeness (QED) is 0.343. The Kier molecular flexibility index (Phi) is 6.04. The number of rotatable bonds is 6. The average molecular weight is 455 g/mol. The molecule has 2 aromatic carbocycles. The van der Waals surface area contributed by atoms with Gasteiger partial charge in [0.25, 0.3) is 11.8 Å². The van der Waals surface area contributed by atoms with E-state index in [-0.39, 0.29) is 28.7 Å². The molecule has 34 heavy (non-hydrogen) atoms. The van der Waals surface area contributed by atoms with Gasteiger partial charge < -0.3 is 19.5 Å². The van der Waals surface area contributed by atoms with E-state index in [2.05, 4.69) is 34.9 Å². The third kappa shape index (κ3) is 4.39. The van der Waals surface area contributed by atoms with Crippen molar-refractivity contribution < 1.29 is 18.4 Å². The summed E-state index contributed by atoms with van der Waals surface area (Å²) in [4.78, 5) is 24.6. The van der Waals surface area contributed by atoms with Crippen LogP contribution in [0.3, 0.4) is 0 Å². The van der Waals surface area contributed by atoms with Crippen LogP contribution < -0.4 is 10.6 Å². The largest absolute Gasteiger partial charge is 0.459 e. The minimum absolute atomic E-state index is 0.0919. The Morgan fingerprint density at radius 2 is 1.06 bits per heavy atom. The number of hydrogen-bond acceptors (Lipinski definition) is 4. The predicted molar refractivity (Wildman–Crippen MR) is 130 cm³/mol. The molecule has 0 atom stereocenters. The van der Waals surface area contributed by atoms with Crippen molar-refractivity contribution in [1.82, 2.24) is 0 Å². The second kappa shape index (κ2) is 9.43. The lowest BCUT2D eigenvalue weighted by molar-refractivity contribution is 0.0989. The van der Waals surface area contributed by atoms with Crippen LogP contribution in [-0.4, -0.2) is 11.8 Å². The molecule has 1 fully saturated rings. The number of carbonyl (C=O) groups is 2. The van der Waals surface area contributed by atoms with Crippen molar-refractivity contribution in [3.8, 4) is 0 Å². The fourth-order valence-corrected chi connectivity index (χ4v) is 4.85. The first-order chi connectivity index (χ1) is 16.6. The summed E-state index contributed by atoms with van der Waals surface area (Å²) in [6.07, 6.45) is 8.64. The Bertz CT molecular complexity index is 1140. The third-order valence-electron chi connectivity index (χ3n) is 6.59. The van der Waals surface area contributed by atoms with Gasteiger partial charge in [0.2, 0.25) is 0 Å². The fraction of sp³-hybridized carbons (Fsp3) is 0.214. The molecule has 0 saturated heterocycles. The molecule has 0 radical (unpaired) electrons. The molecule has 2 heterocycles. The molecular formula is C28H26N2O4. The van der Waals surface area contributed by atoms with Crippen LogP contribution >= 0.6 is 0 Å². The molecule has 2 amide bonds. The van der Waals surface area contributed by atoms with Gasteiger partial charge in [0, 0.05) is 16.8 Å². The smallest absolute Gasteiger partial charge is 0.291 e. The summed E-state index contributed by atoms with van der Waals surface area (Å²) < 4.78 is 10.3. The van der Waals surface area contributed by atoms with E-state index >= 15 is 0 Å². The summed E-state index contributed by atoms with van der Waals surface area (Å²) >= 11 is 0. The van der Waals surface area contributed by atoms with Crippen molar-refractivity contribution in [2.45, 2.75) is 37.5 Å². The van der Waals surface area contributed by atoms with Gasteiger partial charge in [-0.3, -0.25) is 9.59 Å². The second-order valence-electron chi connectivity index (χ2n) is 8.66. The molecule has 2 aromatic heterocycles. The maximum atomic E-state index is 12.3. The van der Waals surface area contributed by atoms with E-state index in [1.807, 2.05) is 24.3 Å². The molecule has 2 N–H and O–H groups in total. The zero-order valence-electron chi connectivity index (χ0n) is 18.8. The van der Waals surface area contributed by atoms with Crippen LogP contribution in [0.5, 0.6) is 0 Å². The van der Waals surface area contributed by atoms with Crippen molar-refractivity contribution in [2.75, 3.05) is 10.6 Å². The molecule has 5 rings (SSSR count). The number of benzene rings is 2. The van der Waals surface area contributed by atoms with Gasteiger partial charge in [0.05, 0.1) is 12.5 Å². The van der Waals surface area contributed by atoms with Crippen LogP contribution in [0.1, 0.15) is 64.3 Å². The Morgan fingerprint density at radius 3 is 1.44 bits per heavy atom. The van der Waals surface area contributed by atoms with E-state index in [1.165, 1.54) is 30.1 Å². The van der Waals surface area contributed by atoms with E-state index in [4.69, 9.17) is 8.83 Å². The molecule has 1 aliphatic rings. The summed E-state index contributed by atoms with van der Waals surface area (Å²) in [6.45, 7) is 0. The van der Waals surface area contributed by atoms with Gasteiger partial charge in [-0.2, -0.15) is 0 Å². The monoisotopic (exact) mass is 454 g/mol. The predicted octanol–water partition coefficient (Wildman–Crippen LogP) is 6.63. The fourth-order valence-electron chi connectivity index (χ4n) is 4.85. The minimum Gasteiger partial charge on any atom is -0.459 e. The van der Waals surface area contributed by atoms with E-state index in [1.54, 1.807) is 24.3 Å². The Balaban J connectivity index is 1.36. The number of furan rings is 2.